The van der Waals surface area contributed by atoms with E-state index in [0.717, 1.165) is 15.8 Å². The fourth-order valence-corrected chi connectivity index (χ4v) is 3.50. The van der Waals surface area contributed by atoms with E-state index >= 15 is 0 Å². The summed E-state index contributed by atoms with van der Waals surface area (Å²) in [5.74, 6) is -0.342. The second-order valence-corrected chi connectivity index (χ2v) is 6.59. The molecule has 2 aromatic carbocycles. The molecule has 0 saturated carbocycles. The molecule has 0 aliphatic heterocycles. The molecule has 0 aliphatic carbocycles. The number of hydrogen-bond donors (Lipinski definition) is 3. The van der Waals surface area contributed by atoms with Crippen LogP contribution in [-0.4, -0.2) is 20.9 Å². The number of amides is 1. The molecule has 7 nitrogen and oxygen atoms in total. The number of H-pyrrole nitrogens is 2. The van der Waals surface area contributed by atoms with Crippen molar-refractivity contribution >= 4 is 43.6 Å². The van der Waals surface area contributed by atoms with Gasteiger partial charge in [0, 0.05) is 5.56 Å². The summed E-state index contributed by atoms with van der Waals surface area (Å²) in [7, 11) is 0. The van der Waals surface area contributed by atoms with E-state index in [1.54, 1.807) is 12.1 Å². The molecule has 0 fully saturated rings. The van der Waals surface area contributed by atoms with Crippen LogP contribution in [0, 0.1) is 6.92 Å². The van der Waals surface area contributed by atoms with Crippen LogP contribution >= 0.6 is 11.3 Å². The molecule has 0 bridgehead atoms. The molecule has 0 radical (unpaired) electrons. The summed E-state index contributed by atoms with van der Waals surface area (Å²) < 4.78 is 0.996. The first kappa shape index (κ1) is 15.3. The lowest BCUT2D eigenvalue weighted by Gasteiger charge is -2.03. The quantitative estimate of drug-likeness (QED) is 0.481. The molecule has 0 unspecified atom stereocenters. The average Bonchev–Trinajstić information content (AvgIpc) is 2.99. The standard InChI is InChI=1S/C17H12N4O3S/c1-8-3-2-4-12-13(8)20-17(25-12)21-14(22)9-5-6-10-11(7-9)19-16(24)15(23)18-10/h2-7H,1H3,(H,18,23)(H,19,24)(H,20,21,22). The third-order valence-corrected chi connectivity index (χ3v) is 4.76. The summed E-state index contributed by atoms with van der Waals surface area (Å²) in [5.41, 5.74) is 1.62. The van der Waals surface area contributed by atoms with Gasteiger partial charge in [0.15, 0.2) is 5.13 Å². The van der Waals surface area contributed by atoms with E-state index < -0.39 is 11.1 Å². The number of aromatic nitrogens is 3. The lowest BCUT2D eigenvalue weighted by atomic mass is 10.2. The van der Waals surface area contributed by atoms with Gasteiger partial charge in [-0.3, -0.25) is 19.7 Å². The molecular weight excluding hydrogens is 340 g/mol. The van der Waals surface area contributed by atoms with E-state index in [0.29, 0.717) is 21.7 Å². The Morgan fingerprint density at radius 3 is 2.60 bits per heavy atom. The molecule has 25 heavy (non-hydrogen) atoms. The third kappa shape index (κ3) is 2.72. The van der Waals surface area contributed by atoms with Crippen LogP contribution in [0.3, 0.4) is 0 Å². The van der Waals surface area contributed by atoms with Crippen molar-refractivity contribution in [2.45, 2.75) is 6.92 Å². The molecule has 2 heterocycles. The van der Waals surface area contributed by atoms with Crippen LogP contribution < -0.4 is 16.4 Å². The van der Waals surface area contributed by atoms with Crippen LogP contribution in [0.2, 0.25) is 0 Å². The van der Waals surface area contributed by atoms with Crippen molar-refractivity contribution in [3.05, 3.63) is 68.2 Å². The van der Waals surface area contributed by atoms with Gasteiger partial charge in [-0.15, -0.1) is 0 Å². The van der Waals surface area contributed by atoms with Crippen molar-refractivity contribution < 1.29 is 4.79 Å². The summed E-state index contributed by atoms with van der Waals surface area (Å²) >= 11 is 1.39. The lowest BCUT2D eigenvalue weighted by molar-refractivity contribution is 0.102. The van der Waals surface area contributed by atoms with Crippen molar-refractivity contribution in [3.63, 3.8) is 0 Å². The lowest BCUT2D eigenvalue weighted by Crippen LogP contribution is -2.29. The highest BCUT2D eigenvalue weighted by atomic mass is 32.1. The van der Waals surface area contributed by atoms with Crippen LogP contribution in [0.1, 0.15) is 15.9 Å². The number of hydrogen-bond acceptors (Lipinski definition) is 5. The molecule has 0 atom stereocenters. The number of thiazole rings is 1. The van der Waals surface area contributed by atoms with Gasteiger partial charge in [0.05, 0.1) is 21.3 Å². The molecule has 0 aliphatic rings. The van der Waals surface area contributed by atoms with E-state index in [2.05, 4.69) is 20.3 Å². The third-order valence-electron chi connectivity index (χ3n) is 3.83. The largest absolute Gasteiger partial charge is 0.316 e. The van der Waals surface area contributed by atoms with Gasteiger partial charge in [-0.2, -0.15) is 0 Å². The maximum atomic E-state index is 12.5. The highest BCUT2D eigenvalue weighted by molar-refractivity contribution is 7.22. The second-order valence-electron chi connectivity index (χ2n) is 5.56. The predicted molar refractivity (Wildman–Crippen MR) is 97.5 cm³/mol. The summed E-state index contributed by atoms with van der Waals surface area (Å²) in [6, 6.07) is 10.5. The Labute approximate surface area is 144 Å². The van der Waals surface area contributed by atoms with Gasteiger partial charge in [-0.05, 0) is 36.8 Å². The zero-order valence-electron chi connectivity index (χ0n) is 13.0. The number of nitrogens with one attached hydrogen (secondary N) is 3. The number of carbonyl (C=O) groups excluding carboxylic acids is 1. The monoisotopic (exact) mass is 352 g/mol. The molecule has 4 rings (SSSR count). The van der Waals surface area contributed by atoms with Gasteiger partial charge in [0.2, 0.25) is 0 Å². The van der Waals surface area contributed by atoms with Gasteiger partial charge in [0.25, 0.3) is 5.91 Å². The number of fused-ring (bicyclic) bond motifs is 2. The number of anilines is 1. The van der Waals surface area contributed by atoms with Crippen LogP contribution in [0.15, 0.2) is 46.0 Å². The molecule has 124 valence electrons. The molecule has 0 spiro atoms. The number of rotatable bonds is 2. The van der Waals surface area contributed by atoms with Crippen molar-refractivity contribution in [2.75, 3.05) is 5.32 Å². The molecule has 2 aromatic heterocycles. The molecule has 4 aromatic rings. The number of aryl methyl sites for hydroxylation is 1. The minimum Gasteiger partial charge on any atom is -0.316 e. The highest BCUT2D eigenvalue weighted by Crippen LogP contribution is 2.28. The first-order valence-corrected chi connectivity index (χ1v) is 8.27. The summed E-state index contributed by atoms with van der Waals surface area (Å²) in [4.78, 5) is 44.6. The molecular formula is C17H12N4O3S. The van der Waals surface area contributed by atoms with Crippen molar-refractivity contribution in [1.29, 1.82) is 0 Å². The maximum Gasteiger partial charge on any atom is 0.314 e. The van der Waals surface area contributed by atoms with Crippen LogP contribution in [-0.2, 0) is 0 Å². The van der Waals surface area contributed by atoms with Gasteiger partial charge >= 0.3 is 11.1 Å². The van der Waals surface area contributed by atoms with Crippen molar-refractivity contribution in [3.8, 4) is 0 Å². The Kier molecular flexibility index (Phi) is 3.47. The van der Waals surface area contributed by atoms with E-state index in [-0.39, 0.29) is 5.91 Å². The Morgan fingerprint density at radius 1 is 1.08 bits per heavy atom. The fourth-order valence-electron chi connectivity index (χ4n) is 2.57. The number of carbonyl (C=O) groups is 1. The van der Waals surface area contributed by atoms with Gasteiger partial charge in [0.1, 0.15) is 0 Å². The van der Waals surface area contributed by atoms with Gasteiger partial charge in [-0.25, -0.2) is 4.98 Å². The van der Waals surface area contributed by atoms with Crippen LogP contribution in [0.5, 0.6) is 0 Å². The topological polar surface area (TPSA) is 108 Å². The number of benzene rings is 2. The van der Waals surface area contributed by atoms with Crippen molar-refractivity contribution in [1.82, 2.24) is 15.0 Å². The van der Waals surface area contributed by atoms with Crippen molar-refractivity contribution in [2.24, 2.45) is 0 Å². The summed E-state index contributed by atoms with van der Waals surface area (Å²) in [6.07, 6.45) is 0. The maximum absolute atomic E-state index is 12.5. The van der Waals surface area contributed by atoms with E-state index in [9.17, 15) is 14.4 Å². The zero-order chi connectivity index (χ0) is 17.6. The summed E-state index contributed by atoms with van der Waals surface area (Å²) in [6.45, 7) is 1.97. The normalized spacial score (nSPS) is 11.1. The van der Waals surface area contributed by atoms with Gasteiger partial charge in [-0.1, -0.05) is 23.5 Å². The van der Waals surface area contributed by atoms with E-state index in [1.807, 2.05) is 25.1 Å². The Balaban J connectivity index is 1.69. The number of aromatic amines is 2. The van der Waals surface area contributed by atoms with E-state index in [4.69, 9.17) is 0 Å². The molecule has 1 amide bonds. The predicted octanol–water partition coefficient (Wildman–Crippen LogP) is 2.39. The Hall–Kier alpha value is -3.26. The number of para-hydroxylation sites is 1. The van der Waals surface area contributed by atoms with Gasteiger partial charge < -0.3 is 9.97 Å². The van der Waals surface area contributed by atoms with Crippen LogP contribution in [0.4, 0.5) is 5.13 Å². The molecule has 8 heteroatoms. The second kappa shape index (κ2) is 5.67. The summed E-state index contributed by atoms with van der Waals surface area (Å²) in [5, 5.41) is 3.27. The first-order valence-electron chi connectivity index (χ1n) is 7.45. The average molecular weight is 352 g/mol. The molecule has 0 saturated heterocycles. The first-order chi connectivity index (χ1) is 12.0. The Morgan fingerprint density at radius 2 is 1.84 bits per heavy atom. The van der Waals surface area contributed by atoms with E-state index in [1.165, 1.54) is 17.4 Å². The number of nitrogens with zero attached hydrogens (tertiary/aromatic N) is 1. The molecule has 3 N–H and O–H groups in total. The SMILES string of the molecule is Cc1cccc2sc(NC(=O)c3ccc4[nH]c(=O)c(=O)[nH]c4c3)nc12. The highest BCUT2D eigenvalue weighted by Gasteiger charge is 2.12. The Bertz CT molecular complexity index is 1250. The van der Waals surface area contributed by atoms with Crippen LogP contribution in [0.25, 0.3) is 21.3 Å². The smallest absolute Gasteiger partial charge is 0.314 e. The minimum absolute atomic E-state index is 0.342. The fraction of sp³-hybridized carbons (Fsp3) is 0.0588. The zero-order valence-corrected chi connectivity index (χ0v) is 13.9. The minimum atomic E-state index is -0.758.